The SMILES string of the molecule is O=C(O)c1cc(F)c(F)cc1C(=O)NC1C=CS(=O)(=O)C1. The van der Waals surface area contributed by atoms with E-state index in [9.17, 15) is 26.8 Å². The van der Waals surface area contributed by atoms with Crippen LogP contribution in [0.1, 0.15) is 20.7 Å². The topological polar surface area (TPSA) is 101 Å². The number of aromatic carboxylic acids is 1. The van der Waals surface area contributed by atoms with Crippen LogP contribution in [0.4, 0.5) is 8.78 Å². The Labute approximate surface area is 118 Å². The number of hydrogen-bond donors (Lipinski definition) is 2. The van der Waals surface area contributed by atoms with Crippen molar-refractivity contribution in [3.8, 4) is 0 Å². The summed E-state index contributed by atoms with van der Waals surface area (Å²) in [6.07, 6.45) is 1.22. The van der Waals surface area contributed by atoms with Crippen LogP contribution >= 0.6 is 0 Å². The third-order valence-electron chi connectivity index (χ3n) is 2.78. The van der Waals surface area contributed by atoms with Gasteiger partial charge in [-0.25, -0.2) is 22.0 Å². The van der Waals surface area contributed by atoms with Crippen molar-refractivity contribution in [2.45, 2.75) is 6.04 Å². The van der Waals surface area contributed by atoms with E-state index in [1.54, 1.807) is 0 Å². The molecule has 1 aromatic carbocycles. The Bertz CT molecular complexity index is 757. The summed E-state index contributed by atoms with van der Waals surface area (Å²) in [5.41, 5.74) is -1.30. The standard InChI is InChI=1S/C12H9F2NO5S/c13-9-3-7(8(12(17)18)4-10(9)14)11(16)15-6-1-2-21(19,20)5-6/h1-4,6H,5H2,(H,15,16)(H,17,18). The maximum atomic E-state index is 13.2. The smallest absolute Gasteiger partial charge is 0.336 e. The Balaban J connectivity index is 2.29. The highest BCUT2D eigenvalue weighted by Gasteiger charge is 2.26. The largest absolute Gasteiger partial charge is 0.478 e. The Hall–Kier alpha value is -2.29. The fourth-order valence-corrected chi connectivity index (χ4v) is 3.06. The van der Waals surface area contributed by atoms with Gasteiger partial charge in [0, 0.05) is 5.41 Å². The zero-order chi connectivity index (χ0) is 15.8. The maximum absolute atomic E-state index is 13.2. The zero-order valence-electron chi connectivity index (χ0n) is 10.3. The molecular weight excluding hydrogens is 308 g/mol. The number of benzene rings is 1. The number of sulfone groups is 1. The Morgan fingerprint density at radius 1 is 1.19 bits per heavy atom. The van der Waals surface area contributed by atoms with Crippen molar-refractivity contribution in [1.29, 1.82) is 0 Å². The van der Waals surface area contributed by atoms with Crippen LogP contribution < -0.4 is 5.32 Å². The summed E-state index contributed by atoms with van der Waals surface area (Å²) in [5, 5.41) is 12.0. The number of amides is 1. The first-order valence-electron chi connectivity index (χ1n) is 5.64. The molecule has 1 atom stereocenters. The molecule has 21 heavy (non-hydrogen) atoms. The molecule has 112 valence electrons. The van der Waals surface area contributed by atoms with E-state index < -0.39 is 50.5 Å². The van der Waals surface area contributed by atoms with Gasteiger partial charge >= 0.3 is 5.97 Å². The van der Waals surface area contributed by atoms with Gasteiger partial charge in [-0.1, -0.05) is 0 Å². The highest BCUT2D eigenvalue weighted by molar-refractivity contribution is 7.94. The average Bonchev–Trinajstić information content (AvgIpc) is 2.71. The number of carbonyl (C=O) groups excluding carboxylic acids is 1. The Kier molecular flexibility index (Phi) is 3.77. The second kappa shape index (κ2) is 5.24. The molecule has 0 aliphatic carbocycles. The molecule has 0 spiro atoms. The van der Waals surface area contributed by atoms with E-state index in [4.69, 9.17) is 5.11 Å². The molecule has 2 rings (SSSR count). The van der Waals surface area contributed by atoms with Crippen molar-refractivity contribution in [3.63, 3.8) is 0 Å². The van der Waals surface area contributed by atoms with E-state index in [1.807, 2.05) is 0 Å². The van der Waals surface area contributed by atoms with Crippen LogP contribution in [-0.4, -0.2) is 37.2 Å². The van der Waals surface area contributed by atoms with Crippen LogP contribution in [0.15, 0.2) is 23.6 Å². The lowest BCUT2D eigenvalue weighted by Crippen LogP contribution is -2.36. The van der Waals surface area contributed by atoms with Crippen LogP contribution in [0.3, 0.4) is 0 Å². The molecule has 1 amide bonds. The number of hydrogen-bond acceptors (Lipinski definition) is 4. The van der Waals surface area contributed by atoms with Crippen LogP contribution in [0, 0.1) is 11.6 Å². The molecular formula is C12H9F2NO5S. The van der Waals surface area contributed by atoms with Gasteiger partial charge in [-0.05, 0) is 18.2 Å². The van der Waals surface area contributed by atoms with Crippen molar-refractivity contribution in [3.05, 3.63) is 46.4 Å². The summed E-state index contributed by atoms with van der Waals surface area (Å²) in [6, 6.07) is 0.00649. The summed E-state index contributed by atoms with van der Waals surface area (Å²) in [6.45, 7) is 0. The van der Waals surface area contributed by atoms with E-state index in [0.29, 0.717) is 12.1 Å². The first kappa shape index (κ1) is 15.1. The molecule has 1 unspecified atom stereocenters. The number of halogens is 2. The molecule has 1 aromatic rings. The summed E-state index contributed by atoms with van der Waals surface area (Å²) in [4.78, 5) is 22.9. The van der Waals surface area contributed by atoms with Gasteiger partial charge in [0.25, 0.3) is 5.91 Å². The highest BCUT2D eigenvalue weighted by atomic mass is 32.2. The molecule has 1 aliphatic heterocycles. The van der Waals surface area contributed by atoms with Gasteiger partial charge in [0.2, 0.25) is 0 Å². The van der Waals surface area contributed by atoms with E-state index in [1.165, 1.54) is 6.08 Å². The van der Waals surface area contributed by atoms with Crippen LogP contribution in [0.2, 0.25) is 0 Å². The lowest BCUT2D eigenvalue weighted by atomic mass is 10.1. The number of carbonyl (C=O) groups is 2. The second-order valence-electron chi connectivity index (χ2n) is 4.36. The van der Waals surface area contributed by atoms with Crippen molar-refractivity contribution in [2.75, 3.05) is 5.75 Å². The molecule has 0 saturated heterocycles. The highest BCUT2D eigenvalue weighted by Crippen LogP contribution is 2.16. The monoisotopic (exact) mass is 317 g/mol. The zero-order valence-corrected chi connectivity index (χ0v) is 11.2. The van der Waals surface area contributed by atoms with Crippen LogP contribution in [0.5, 0.6) is 0 Å². The number of nitrogens with one attached hydrogen (secondary N) is 1. The van der Waals surface area contributed by atoms with Gasteiger partial charge in [0.15, 0.2) is 21.5 Å². The quantitative estimate of drug-likeness (QED) is 0.855. The molecule has 9 heteroatoms. The van der Waals surface area contributed by atoms with E-state index >= 15 is 0 Å². The fraction of sp³-hybridized carbons (Fsp3) is 0.167. The normalized spacial score (nSPS) is 19.4. The summed E-state index contributed by atoms with van der Waals surface area (Å²) >= 11 is 0. The molecule has 0 bridgehead atoms. The van der Waals surface area contributed by atoms with Crippen LogP contribution in [0.25, 0.3) is 0 Å². The third kappa shape index (κ3) is 3.24. The first-order chi connectivity index (χ1) is 9.69. The van der Waals surface area contributed by atoms with Crippen molar-refractivity contribution < 1.29 is 31.9 Å². The first-order valence-corrected chi connectivity index (χ1v) is 7.35. The number of rotatable bonds is 3. The van der Waals surface area contributed by atoms with Gasteiger partial charge in [-0.15, -0.1) is 0 Å². The Morgan fingerprint density at radius 3 is 2.24 bits per heavy atom. The Morgan fingerprint density at radius 2 is 1.76 bits per heavy atom. The van der Waals surface area contributed by atoms with E-state index in [0.717, 1.165) is 5.41 Å². The average molecular weight is 317 g/mol. The molecule has 2 N–H and O–H groups in total. The van der Waals surface area contributed by atoms with Crippen molar-refractivity contribution >= 4 is 21.7 Å². The van der Waals surface area contributed by atoms with Crippen molar-refractivity contribution in [2.24, 2.45) is 0 Å². The molecule has 0 radical (unpaired) electrons. The summed E-state index contributed by atoms with van der Waals surface area (Å²) < 4.78 is 48.6. The predicted octanol–water partition coefficient (Wildman–Crippen LogP) is 0.704. The maximum Gasteiger partial charge on any atom is 0.336 e. The molecule has 6 nitrogen and oxygen atoms in total. The number of carboxylic acid groups (broad SMARTS) is 1. The van der Waals surface area contributed by atoms with Gasteiger partial charge in [0.05, 0.1) is 22.9 Å². The minimum Gasteiger partial charge on any atom is -0.478 e. The minimum absolute atomic E-state index is 0.370. The van der Waals surface area contributed by atoms with E-state index in [2.05, 4.69) is 5.32 Å². The molecule has 0 fully saturated rings. The second-order valence-corrected chi connectivity index (χ2v) is 6.29. The van der Waals surface area contributed by atoms with Gasteiger partial charge in [-0.2, -0.15) is 0 Å². The van der Waals surface area contributed by atoms with Gasteiger partial charge in [-0.3, -0.25) is 4.79 Å². The lowest BCUT2D eigenvalue weighted by molar-refractivity contribution is 0.0690. The molecule has 0 saturated carbocycles. The van der Waals surface area contributed by atoms with Gasteiger partial charge in [0.1, 0.15) is 0 Å². The third-order valence-corrected chi connectivity index (χ3v) is 4.18. The molecule has 0 aromatic heterocycles. The summed E-state index contributed by atoms with van der Waals surface area (Å²) in [5.74, 6) is -5.75. The lowest BCUT2D eigenvalue weighted by Gasteiger charge is -2.12. The molecule has 1 heterocycles. The predicted molar refractivity (Wildman–Crippen MR) is 67.5 cm³/mol. The number of carboxylic acids is 1. The van der Waals surface area contributed by atoms with E-state index in [-0.39, 0.29) is 5.75 Å². The minimum atomic E-state index is -3.41. The van der Waals surface area contributed by atoms with Gasteiger partial charge < -0.3 is 10.4 Å². The summed E-state index contributed by atoms with van der Waals surface area (Å²) in [7, 11) is -3.41. The van der Waals surface area contributed by atoms with Crippen molar-refractivity contribution in [1.82, 2.24) is 5.32 Å². The molecule has 1 aliphatic rings. The fourth-order valence-electron chi connectivity index (χ4n) is 1.82. The van der Waals surface area contributed by atoms with Crippen LogP contribution in [-0.2, 0) is 9.84 Å².